The molecule has 152 valence electrons. The van der Waals surface area contributed by atoms with Gasteiger partial charge in [-0.25, -0.2) is 8.42 Å². The number of carbonyl (C=O) groups is 1. The third-order valence-corrected chi connectivity index (χ3v) is 5.82. The van der Waals surface area contributed by atoms with Gasteiger partial charge in [0.05, 0.1) is 14.7 Å². The first-order valence-corrected chi connectivity index (χ1v) is 11.0. The maximum atomic E-state index is 12.1. The van der Waals surface area contributed by atoms with Crippen molar-refractivity contribution < 1.29 is 22.7 Å². The Kier molecular flexibility index (Phi) is 5.94. The number of nitro groups is 1. The summed E-state index contributed by atoms with van der Waals surface area (Å²) in [6.45, 7) is 0.339. The molecule has 3 aromatic rings. The molecule has 0 saturated heterocycles. The third-order valence-electron chi connectivity index (χ3n) is 3.83. The zero-order chi connectivity index (χ0) is 21.0. The Morgan fingerprint density at radius 1 is 1.28 bits per heavy atom. The second-order valence-corrected chi connectivity index (χ2v) is 8.91. The van der Waals surface area contributed by atoms with Gasteiger partial charge in [0, 0.05) is 31.5 Å². The van der Waals surface area contributed by atoms with Gasteiger partial charge in [0.25, 0.3) is 11.6 Å². The first-order valence-electron chi connectivity index (χ1n) is 8.27. The monoisotopic (exact) mass is 436 g/mol. The van der Waals surface area contributed by atoms with E-state index in [1.54, 1.807) is 0 Å². The molecule has 0 aliphatic heterocycles. The quantitative estimate of drug-likeness (QED) is 0.311. The molecule has 0 aliphatic carbocycles. The summed E-state index contributed by atoms with van der Waals surface area (Å²) in [5, 5.41) is 22.3. The first kappa shape index (κ1) is 20.5. The van der Waals surface area contributed by atoms with Crippen LogP contribution in [-0.4, -0.2) is 43.8 Å². The predicted molar refractivity (Wildman–Crippen MR) is 107 cm³/mol. The van der Waals surface area contributed by atoms with Crippen molar-refractivity contribution in [3.63, 3.8) is 0 Å². The summed E-state index contributed by atoms with van der Waals surface area (Å²) in [6, 6.07) is 8.83. The molecule has 10 nitrogen and oxygen atoms in total. The Morgan fingerprint density at radius 2 is 2.07 bits per heavy atom. The van der Waals surface area contributed by atoms with Crippen molar-refractivity contribution in [3.05, 3.63) is 57.6 Å². The minimum Gasteiger partial charge on any atom is -0.378 e. The van der Waals surface area contributed by atoms with E-state index in [4.69, 9.17) is 4.52 Å². The molecule has 2 aromatic heterocycles. The largest absolute Gasteiger partial charge is 0.378 e. The number of sulfone groups is 1. The third kappa shape index (κ3) is 4.97. The lowest BCUT2D eigenvalue weighted by molar-refractivity contribution is -0.384. The van der Waals surface area contributed by atoms with Crippen LogP contribution in [0.25, 0.3) is 10.6 Å². The van der Waals surface area contributed by atoms with E-state index in [1.165, 1.54) is 29.5 Å². The Hall–Kier alpha value is -3.25. The lowest BCUT2D eigenvalue weighted by Gasteiger charge is -2.08. The molecule has 0 spiro atoms. The van der Waals surface area contributed by atoms with Crippen molar-refractivity contribution in [2.75, 3.05) is 24.7 Å². The van der Waals surface area contributed by atoms with E-state index < -0.39 is 20.7 Å². The summed E-state index contributed by atoms with van der Waals surface area (Å²) in [6.07, 6.45) is 0.975. The molecule has 0 atom stereocenters. The summed E-state index contributed by atoms with van der Waals surface area (Å²) >= 11 is 1.46. The van der Waals surface area contributed by atoms with Crippen LogP contribution in [0.5, 0.6) is 0 Å². The number of nitrogens with one attached hydrogen (secondary N) is 2. The van der Waals surface area contributed by atoms with Crippen LogP contribution in [0.4, 0.5) is 11.4 Å². The van der Waals surface area contributed by atoms with Crippen molar-refractivity contribution in [2.24, 2.45) is 0 Å². The van der Waals surface area contributed by atoms with Crippen LogP contribution >= 0.6 is 11.3 Å². The number of benzene rings is 1. The standard InChI is InChI=1S/C17H16N4O6S2/c1-29(25,26)11-4-5-12(14(9-11)21(23)24)18-6-7-19-17(22)13-10-15(27-20-13)16-3-2-8-28-16/h2-5,8-10,18H,6-7H2,1H3,(H,19,22). The van der Waals surface area contributed by atoms with Gasteiger partial charge in [0.1, 0.15) is 5.69 Å². The summed E-state index contributed by atoms with van der Waals surface area (Å²) in [4.78, 5) is 23.4. The fourth-order valence-electron chi connectivity index (χ4n) is 2.42. The van der Waals surface area contributed by atoms with Crippen molar-refractivity contribution in [2.45, 2.75) is 4.90 Å². The van der Waals surface area contributed by atoms with Crippen LogP contribution in [0.2, 0.25) is 0 Å². The molecule has 2 N–H and O–H groups in total. The number of rotatable bonds is 8. The summed E-state index contributed by atoms with van der Waals surface area (Å²) in [5.41, 5.74) is -0.0914. The number of nitro benzene ring substituents is 1. The van der Waals surface area contributed by atoms with Gasteiger partial charge in [0.2, 0.25) is 0 Å². The Morgan fingerprint density at radius 3 is 2.72 bits per heavy atom. The van der Waals surface area contributed by atoms with E-state index in [0.29, 0.717) is 5.76 Å². The molecular weight excluding hydrogens is 420 g/mol. The number of hydrogen-bond donors (Lipinski definition) is 2. The topological polar surface area (TPSA) is 144 Å². The fourth-order valence-corrected chi connectivity index (χ4v) is 3.74. The molecule has 2 heterocycles. The highest BCUT2D eigenvalue weighted by Gasteiger charge is 2.19. The lowest BCUT2D eigenvalue weighted by Crippen LogP contribution is -2.29. The maximum absolute atomic E-state index is 12.1. The second kappa shape index (κ2) is 8.41. The Balaban J connectivity index is 1.58. The van der Waals surface area contributed by atoms with Crippen molar-refractivity contribution >= 4 is 38.5 Å². The predicted octanol–water partition coefficient (Wildman–Crippen LogP) is 2.56. The van der Waals surface area contributed by atoms with Gasteiger partial charge in [-0.05, 0) is 23.6 Å². The SMILES string of the molecule is CS(=O)(=O)c1ccc(NCCNC(=O)c2cc(-c3cccs3)on2)c([N+](=O)[O-])c1. The van der Waals surface area contributed by atoms with Gasteiger partial charge in [-0.2, -0.15) is 0 Å². The average molecular weight is 436 g/mol. The Labute approximate surface area is 169 Å². The van der Waals surface area contributed by atoms with Gasteiger partial charge < -0.3 is 15.2 Å². The summed E-state index contributed by atoms with van der Waals surface area (Å²) in [7, 11) is -3.56. The fraction of sp³-hybridized carbons (Fsp3) is 0.176. The smallest absolute Gasteiger partial charge is 0.293 e. The normalized spacial score (nSPS) is 11.2. The lowest BCUT2D eigenvalue weighted by atomic mass is 10.2. The number of nitrogens with zero attached hydrogens (tertiary/aromatic N) is 2. The molecule has 1 amide bonds. The van der Waals surface area contributed by atoms with E-state index in [1.807, 2.05) is 17.5 Å². The van der Waals surface area contributed by atoms with Crippen LogP contribution in [0.1, 0.15) is 10.5 Å². The van der Waals surface area contributed by atoms with E-state index in [9.17, 15) is 23.3 Å². The molecule has 0 radical (unpaired) electrons. The van der Waals surface area contributed by atoms with Crippen LogP contribution in [-0.2, 0) is 9.84 Å². The highest BCUT2D eigenvalue weighted by Crippen LogP contribution is 2.27. The molecule has 3 rings (SSSR count). The number of thiophene rings is 1. The minimum absolute atomic E-state index is 0.122. The van der Waals surface area contributed by atoms with E-state index in [2.05, 4.69) is 15.8 Å². The molecule has 1 aromatic carbocycles. The number of amides is 1. The molecule has 0 fully saturated rings. The molecule has 0 aliphatic rings. The van der Waals surface area contributed by atoms with Gasteiger partial charge in [-0.15, -0.1) is 11.3 Å². The van der Waals surface area contributed by atoms with E-state index >= 15 is 0 Å². The maximum Gasteiger partial charge on any atom is 0.293 e. The van der Waals surface area contributed by atoms with Crippen LogP contribution < -0.4 is 10.6 Å². The molecule has 0 bridgehead atoms. The summed E-state index contributed by atoms with van der Waals surface area (Å²) < 4.78 is 28.3. The molecule has 0 saturated carbocycles. The zero-order valence-electron chi connectivity index (χ0n) is 15.1. The summed E-state index contributed by atoms with van der Waals surface area (Å²) in [5.74, 6) is 0.0464. The highest BCUT2D eigenvalue weighted by molar-refractivity contribution is 7.90. The zero-order valence-corrected chi connectivity index (χ0v) is 16.7. The van der Waals surface area contributed by atoms with Crippen LogP contribution in [0.3, 0.4) is 0 Å². The van der Waals surface area contributed by atoms with Crippen molar-refractivity contribution in [1.82, 2.24) is 10.5 Å². The first-order chi connectivity index (χ1) is 13.8. The van der Waals surface area contributed by atoms with Crippen LogP contribution in [0, 0.1) is 10.1 Å². The van der Waals surface area contributed by atoms with Crippen LogP contribution in [0.15, 0.2) is 51.2 Å². The van der Waals surface area contributed by atoms with Gasteiger partial charge in [-0.3, -0.25) is 14.9 Å². The van der Waals surface area contributed by atoms with Crippen molar-refractivity contribution in [1.29, 1.82) is 0 Å². The van der Waals surface area contributed by atoms with Gasteiger partial charge >= 0.3 is 0 Å². The van der Waals surface area contributed by atoms with Gasteiger partial charge in [0.15, 0.2) is 21.3 Å². The molecule has 12 heteroatoms. The van der Waals surface area contributed by atoms with Crippen molar-refractivity contribution in [3.8, 4) is 10.6 Å². The highest BCUT2D eigenvalue weighted by atomic mass is 32.2. The van der Waals surface area contributed by atoms with E-state index in [0.717, 1.165) is 17.2 Å². The average Bonchev–Trinajstić information content (AvgIpc) is 3.35. The number of aromatic nitrogens is 1. The molecular formula is C17H16N4O6S2. The Bertz CT molecular complexity index is 1140. The second-order valence-electron chi connectivity index (χ2n) is 5.94. The van der Waals surface area contributed by atoms with Gasteiger partial charge in [-0.1, -0.05) is 11.2 Å². The number of hydrogen-bond acceptors (Lipinski definition) is 9. The molecule has 29 heavy (non-hydrogen) atoms. The molecule has 0 unspecified atom stereocenters. The van der Waals surface area contributed by atoms with E-state index in [-0.39, 0.29) is 35.1 Å². The minimum atomic E-state index is -3.56. The number of anilines is 1. The number of carbonyl (C=O) groups excluding carboxylic acids is 1.